The fraction of sp³-hybridized carbons (Fsp3) is 0.412. The average molecular weight is 428 g/mol. The number of hydroxylamine groups is 1. The Balaban J connectivity index is 1.81. The predicted octanol–water partition coefficient (Wildman–Crippen LogP) is 1.40. The van der Waals surface area contributed by atoms with E-state index < -0.39 is 27.6 Å². The average Bonchev–Trinajstić information content (AvgIpc) is 3.19. The number of hydrogen-bond donors (Lipinski definition) is 2. The van der Waals surface area contributed by atoms with Gasteiger partial charge in [0, 0.05) is 12.7 Å². The summed E-state index contributed by atoms with van der Waals surface area (Å²) in [6.07, 6.45) is 1.70. The number of rotatable bonds is 6. The summed E-state index contributed by atoms with van der Waals surface area (Å²) in [6, 6.07) is 4.75. The first kappa shape index (κ1) is 20.7. The fourth-order valence-electron chi connectivity index (χ4n) is 3.03. The van der Waals surface area contributed by atoms with Crippen molar-refractivity contribution in [1.29, 1.82) is 0 Å². The van der Waals surface area contributed by atoms with Gasteiger partial charge in [0.25, 0.3) is 5.91 Å². The lowest BCUT2D eigenvalue weighted by Crippen LogP contribution is -2.64. The highest BCUT2D eigenvalue weighted by Gasteiger charge is 2.48. The number of ether oxygens (including phenoxy) is 2. The Bertz CT molecular complexity index is 913. The van der Waals surface area contributed by atoms with E-state index in [4.69, 9.17) is 14.7 Å². The summed E-state index contributed by atoms with van der Waals surface area (Å²) in [5, 5.41) is 9.05. The molecule has 2 N–H and O–H groups in total. The van der Waals surface area contributed by atoms with E-state index in [1.807, 2.05) is 0 Å². The largest absolute Gasteiger partial charge is 0.488 e. The summed E-state index contributed by atoms with van der Waals surface area (Å²) in [6.45, 7) is 3.67. The number of morpholine rings is 1. The molecule has 2 aromatic rings. The van der Waals surface area contributed by atoms with Gasteiger partial charge in [-0.3, -0.25) is 15.0 Å². The molecule has 152 valence electrons. The van der Waals surface area contributed by atoms with Crippen LogP contribution >= 0.6 is 11.3 Å². The van der Waals surface area contributed by atoms with Crippen LogP contribution in [0.5, 0.6) is 5.75 Å². The number of nitrogens with zero attached hydrogens (tertiary/aromatic N) is 2. The molecule has 1 aromatic carbocycles. The molecular weight excluding hydrogens is 406 g/mol. The lowest BCUT2D eigenvalue weighted by molar-refractivity contribution is -0.154. The first-order valence-corrected chi connectivity index (χ1v) is 10.8. The van der Waals surface area contributed by atoms with Crippen LogP contribution in [0.25, 0.3) is 0 Å². The van der Waals surface area contributed by atoms with Crippen molar-refractivity contribution >= 4 is 27.3 Å². The summed E-state index contributed by atoms with van der Waals surface area (Å²) < 4.78 is 38.5. The van der Waals surface area contributed by atoms with Crippen LogP contribution in [0.1, 0.15) is 18.7 Å². The molecule has 0 unspecified atom stereocenters. The quantitative estimate of drug-likeness (QED) is 0.528. The number of sulfonamides is 1. The summed E-state index contributed by atoms with van der Waals surface area (Å²) in [4.78, 5) is 17.1. The van der Waals surface area contributed by atoms with Gasteiger partial charge in [0.15, 0.2) is 0 Å². The zero-order valence-electron chi connectivity index (χ0n) is 15.4. The predicted molar refractivity (Wildman–Crippen MR) is 101 cm³/mol. The van der Waals surface area contributed by atoms with Crippen molar-refractivity contribution in [2.45, 2.75) is 37.0 Å². The lowest BCUT2D eigenvalue weighted by atomic mass is 9.96. The van der Waals surface area contributed by atoms with Gasteiger partial charge in [-0.25, -0.2) is 13.9 Å². The van der Waals surface area contributed by atoms with E-state index in [-0.39, 0.29) is 18.0 Å². The second kappa shape index (κ2) is 8.13. The van der Waals surface area contributed by atoms with Crippen molar-refractivity contribution in [3.63, 3.8) is 0 Å². The van der Waals surface area contributed by atoms with Crippen molar-refractivity contribution in [3.05, 3.63) is 40.8 Å². The molecule has 0 spiro atoms. The third-order valence-corrected chi connectivity index (χ3v) is 7.02. The summed E-state index contributed by atoms with van der Waals surface area (Å²) in [5.41, 5.74) is 2.14. The molecule has 1 aliphatic heterocycles. The summed E-state index contributed by atoms with van der Waals surface area (Å²) in [7, 11) is -3.99. The third kappa shape index (κ3) is 4.18. The van der Waals surface area contributed by atoms with E-state index in [2.05, 4.69) is 4.98 Å². The van der Waals surface area contributed by atoms with Crippen LogP contribution in [0.3, 0.4) is 0 Å². The van der Waals surface area contributed by atoms with Crippen LogP contribution in [0, 0.1) is 0 Å². The minimum Gasteiger partial charge on any atom is -0.488 e. The van der Waals surface area contributed by atoms with Crippen LogP contribution in [-0.2, 0) is 26.2 Å². The standard InChI is InChI=1S/C17H21N3O6S2/c1-17(2)15(16(21)19-22)20(7-8-26-17)28(23,24)14-5-3-12(4-6-14)25-10-13-9-18-11-27-13/h3-6,9,11,15,22H,7-8,10H2,1-2H3,(H,19,21)/t15-/m0/s1. The van der Waals surface area contributed by atoms with Gasteiger partial charge >= 0.3 is 0 Å². The Morgan fingerprint density at radius 3 is 2.75 bits per heavy atom. The number of benzene rings is 1. The molecule has 11 heteroatoms. The molecule has 1 fully saturated rings. The van der Waals surface area contributed by atoms with E-state index >= 15 is 0 Å². The molecule has 2 heterocycles. The molecule has 3 rings (SSSR count). The van der Waals surface area contributed by atoms with Gasteiger partial charge in [-0.2, -0.15) is 4.31 Å². The Labute approximate surface area is 166 Å². The molecule has 1 amide bonds. The van der Waals surface area contributed by atoms with Crippen LogP contribution < -0.4 is 10.2 Å². The highest BCUT2D eigenvalue weighted by molar-refractivity contribution is 7.89. The van der Waals surface area contributed by atoms with Gasteiger partial charge in [-0.1, -0.05) is 0 Å². The minimum atomic E-state index is -3.99. The monoisotopic (exact) mass is 427 g/mol. The second-order valence-corrected chi connectivity index (χ2v) is 9.54. The van der Waals surface area contributed by atoms with Crippen molar-refractivity contribution < 1.29 is 27.9 Å². The number of thiazole rings is 1. The fourth-order valence-corrected chi connectivity index (χ4v) is 5.23. The SMILES string of the molecule is CC1(C)OCCN(S(=O)(=O)c2ccc(OCc3cncs3)cc2)[C@H]1C(=O)NO. The number of amides is 1. The minimum absolute atomic E-state index is 0.00647. The molecule has 9 nitrogen and oxygen atoms in total. The first-order valence-electron chi connectivity index (χ1n) is 8.45. The number of hydrogen-bond acceptors (Lipinski definition) is 8. The molecular formula is C17H21N3O6S2. The molecule has 28 heavy (non-hydrogen) atoms. The van der Waals surface area contributed by atoms with Gasteiger partial charge in [0.05, 0.1) is 27.5 Å². The molecule has 0 aliphatic carbocycles. The van der Waals surface area contributed by atoms with E-state index in [0.29, 0.717) is 12.4 Å². The normalized spacial score (nSPS) is 19.9. The van der Waals surface area contributed by atoms with Crippen LogP contribution in [0.4, 0.5) is 0 Å². The highest BCUT2D eigenvalue weighted by Crippen LogP contribution is 2.30. The molecule has 1 aliphatic rings. The zero-order chi connectivity index (χ0) is 20.4. The number of nitrogens with one attached hydrogen (secondary N) is 1. The van der Waals surface area contributed by atoms with Crippen molar-refractivity contribution in [1.82, 2.24) is 14.8 Å². The van der Waals surface area contributed by atoms with Crippen molar-refractivity contribution in [3.8, 4) is 5.75 Å². The molecule has 1 saturated heterocycles. The summed E-state index contributed by atoms with van der Waals surface area (Å²) in [5.74, 6) is -0.336. The maximum atomic E-state index is 13.1. The summed E-state index contributed by atoms with van der Waals surface area (Å²) >= 11 is 1.46. The Morgan fingerprint density at radius 1 is 1.43 bits per heavy atom. The van der Waals surface area contributed by atoms with E-state index in [1.165, 1.54) is 28.9 Å². The maximum absolute atomic E-state index is 13.1. The molecule has 0 bridgehead atoms. The number of aromatic nitrogens is 1. The van der Waals surface area contributed by atoms with Crippen LogP contribution in [-0.4, -0.2) is 53.6 Å². The zero-order valence-corrected chi connectivity index (χ0v) is 17.0. The van der Waals surface area contributed by atoms with Crippen molar-refractivity contribution in [2.75, 3.05) is 13.2 Å². The van der Waals surface area contributed by atoms with Gasteiger partial charge in [0.2, 0.25) is 10.0 Å². The van der Waals surface area contributed by atoms with Gasteiger partial charge in [0.1, 0.15) is 18.4 Å². The first-order chi connectivity index (χ1) is 13.3. The van der Waals surface area contributed by atoms with Gasteiger partial charge in [-0.05, 0) is 38.1 Å². The van der Waals surface area contributed by atoms with E-state index in [0.717, 1.165) is 9.18 Å². The number of carbonyl (C=O) groups excluding carboxylic acids is 1. The lowest BCUT2D eigenvalue weighted by Gasteiger charge is -2.43. The van der Waals surface area contributed by atoms with Crippen LogP contribution in [0.15, 0.2) is 40.9 Å². The Kier molecular flexibility index (Phi) is 6.01. The van der Waals surface area contributed by atoms with E-state index in [1.54, 1.807) is 37.7 Å². The molecule has 0 saturated carbocycles. The molecule has 0 radical (unpaired) electrons. The van der Waals surface area contributed by atoms with Crippen LogP contribution in [0.2, 0.25) is 0 Å². The smallest absolute Gasteiger partial charge is 0.264 e. The molecule has 1 atom stereocenters. The maximum Gasteiger partial charge on any atom is 0.264 e. The van der Waals surface area contributed by atoms with Crippen molar-refractivity contribution in [2.24, 2.45) is 0 Å². The van der Waals surface area contributed by atoms with E-state index in [9.17, 15) is 13.2 Å². The van der Waals surface area contributed by atoms with Gasteiger partial charge in [-0.15, -0.1) is 11.3 Å². The highest BCUT2D eigenvalue weighted by atomic mass is 32.2. The number of carbonyl (C=O) groups is 1. The Hall–Kier alpha value is -2.05. The second-order valence-electron chi connectivity index (χ2n) is 6.67. The third-order valence-electron chi connectivity index (χ3n) is 4.39. The van der Waals surface area contributed by atoms with Gasteiger partial charge < -0.3 is 9.47 Å². The topological polar surface area (TPSA) is 118 Å². The molecule has 1 aromatic heterocycles. The Morgan fingerprint density at radius 2 is 2.14 bits per heavy atom.